The minimum Gasteiger partial charge on any atom is -0.366 e. The molecule has 0 heterocycles. The molecular formula is C24H28ClF4N3O3. The molecule has 35 heavy (non-hydrogen) atoms. The van der Waals surface area contributed by atoms with Crippen molar-refractivity contribution in [2.45, 2.75) is 58.2 Å². The van der Waals surface area contributed by atoms with Gasteiger partial charge in [0.05, 0.1) is 10.6 Å². The minimum atomic E-state index is -4.23. The van der Waals surface area contributed by atoms with E-state index < -0.39 is 17.9 Å². The first-order chi connectivity index (χ1) is 16.2. The van der Waals surface area contributed by atoms with E-state index in [9.17, 15) is 27.3 Å². The van der Waals surface area contributed by atoms with Gasteiger partial charge < -0.3 is 11.1 Å². The van der Waals surface area contributed by atoms with Crippen molar-refractivity contribution < 1.29 is 32.2 Å². The first-order valence-electron chi connectivity index (χ1n) is 10.9. The fraction of sp³-hybridized carbons (Fsp3) is 0.417. The van der Waals surface area contributed by atoms with Gasteiger partial charge in [0, 0.05) is 28.2 Å². The first kappa shape index (κ1) is 28.5. The molecule has 0 spiro atoms. The van der Waals surface area contributed by atoms with Gasteiger partial charge in [-0.1, -0.05) is 49.7 Å². The summed E-state index contributed by atoms with van der Waals surface area (Å²) in [5.41, 5.74) is 11.6. The van der Waals surface area contributed by atoms with Crippen LogP contribution >= 0.6 is 11.6 Å². The number of nitrogens with two attached hydrogens (primary N) is 2. The summed E-state index contributed by atoms with van der Waals surface area (Å²) in [6.07, 6.45) is 4.64. The Kier molecular flexibility index (Phi) is 9.65. The third kappa shape index (κ3) is 8.19. The van der Waals surface area contributed by atoms with E-state index >= 15 is 0 Å². The molecule has 0 radical (unpaired) electrons. The predicted octanol–water partition coefficient (Wildman–Crippen LogP) is 5.27. The summed E-state index contributed by atoms with van der Waals surface area (Å²) in [7, 11) is 0. The summed E-state index contributed by atoms with van der Waals surface area (Å²) < 4.78 is 47.5. The number of hydrogen-bond donors (Lipinski definition) is 3. The van der Waals surface area contributed by atoms with Gasteiger partial charge >= 0.3 is 12.0 Å². The number of amides is 1. The highest BCUT2D eigenvalue weighted by molar-refractivity contribution is 6.36. The summed E-state index contributed by atoms with van der Waals surface area (Å²) >= 11 is 6.28. The van der Waals surface area contributed by atoms with Crippen LogP contribution in [0.25, 0.3) is 11.1 Å². The van der Waals surface area contributed by atoms with Crippen LogP contribution in [0.2, 0.25) is 5.02 Å². The van der Waals surface area contributed by atoms with Gasteiger partial charge in [-0.05, 0) is 48.8 Å². The van der Waals surface area contributed by atoms with Gasteiger partial charge in [0.25, 0.3) is 0 Å². The lowest BCUT2D eigenvalue weighted by Crippen LogP contribution is -2.38. The van der Waals surface area contributed by atoms with E-state index in [1.165, 1.54) is 18.9 Å². The second-order valence-electron chi connectivity index (χ2n) is 9.14. The molecule has 1 amide bonds. The van der Waals surface area contributed by atoms with Crippen molar-refractivity contribution in [1.82, 2.24) is 5.32 Å². The van der Waals surface area contributed by atoms with Crippen molar-refractivity contribution in [1.29, 1.82) is 0 Å². The number of halogens is 5. The lowest BCUT2D eigenvalue weighted by molar-refractivity contribution is -0.210. The Hall–Kier alpha value is -2.69. The monoisotopic (exact) mass is 517 g/mol. The van der Waals surface area contributed by atoms with Crippen molar-refractivity contribution in [3.63, 3.8) is 0 Å². The second kappa shape index (κ2) is 11.8. The Labute approximate surface area is 205 Å². The average molecular weight is 518 g/mol. The highest BCUT2D eigenvalue weighted by atomic mass is 35.5. The maximum absolute atomic E-state index is 14.6. The molecule has 0 saturated heterocycles. The van der Waals surface area contributed by atoms with E-state index in [1.54, 1.807) is 24.3 Å². The van der Waals surface area contributed by atoms with Crippen molar-refractivity contribution in [2.24, 2.45) is 16.9 Å². The molecule has 6 nitrogen and oxygen atoms in total. The average Bonchev–Trinajstić information content (AvgIpc) is 2.78. The summed E-state index contributed by atoms with van der Waals surface area (Å²) in [5, 5.41) is 3.73. The van der Waals surface area contributed by atoms with E-state index in [2.05, 4.69) is 29.8 Å². The smallest absolute Gasteiger partial charge is 0.366 e. The lowest BCUT2D eigenvalue weighted by atomic mass is 9.75. The standard InChI is InChI=1S/C22H26ClFN2O.C2H2F3NO2/c1-22(2)10-8-16(9-11-22)26-13-15-7-6-14(12-19(15)24)17-4-3-5-18(20(17)23)21(25)27;3-2(4,6)1(7)8-5/h3-7,12,16,26H,8-11,13H2,1-2H3,(H2,25,27);6H2. The number of rotatable bonds is 6. The number of carbonyl (C=O) groups is 2. The van der Waals surface area contributed by atoms with E-state index in [1.807, 2.05) is 6.07 Å². The third-order valence-corrected chi connectivity index (χ3v) is 6.30. The number of hydrogen-bond acceptors (Lipinski definition) is 5. The molecule has 2 aromatic carbocycles. The molecule has 192 valence electrons. The topological polar surface area (TPSA) is 107 Å². The van der Waals surface area contributed by atoms with Gasteiger partial charge in [0.15, 0.2) is 0 Å². The highest BCUT2D eigenvalue weighted by Crippen LogP contribution is 2.35. The zero-order valence-electron chi connectivity index (χ0n) is 19.3. The molecule has 0 bridgehead atoms. The number of primary amides is 1. The molecule has 11 heteroatoms. The van der Waals surface area contributed by atoms with E-state index in [-0.39, 0.29) is 16.4 Å². The van der Waals surface area contributed by atoms with Crippen LogP contribution in [-0.4, -0.2) is 24.0 Å². The Balaban J connectivity index is 0.000000466. The highest BCUT2D eigenvalue weighted by Gasteiger charge is 2.36. The number of benzene rings is 2. The van der Waals surface area contributed by atoms with Gasteiger partial charge in [-0.25, -0.2) is 14.1 Å². The van der Waals surface area contributed by atoms with Crippen molar-refractivity contribution >= 4 is 23.5 Å². The van der Waals surface area contributed by atoms with Crippen LogP contribution in [0.5, 0.6) is 0 Å². The van der Waals surface area contributed by atoms with E-state index in [0.29, 0.717) is 34.7 Å². The predicted molar refractivity (Wildman–Crippen MR) is 125 cm³/mol. The molecule has 1 aliphatic rings. The van der Waals surface area contributed by atoms with Crippen molar-refractivity contribution in [3.8, 4) is 11.1 Å². The lowest BCUT2D eigenvalue weighted by Gasteiger charge is -2.34. The molecule has 0 unspecified atom stereocenters. The van der Waals surface area contributed by atoms with E-state index in [0.717, 1.165) is 12.8 Å². The van der Waals surface area contributed by atoms with Crippen LogP contribution in [0.4, 0.5) is 17.7 Å². The summed E-state index contributed by atoms with van der Waals surface area (Å²) in [4.78, 5) is 22.9. The van der Waals surface area contributed by atoms with Gasteiger partial charge in [-0.2, -0.15) is 8.78 Å². The van der Waals surface area contributed by atoms with Gasteiger partial charge in [0.1, 0.15) is 5.82 Å². The normalized spacial score (nSPS) is 15.7. The van der Waals surface area contributed by atoms with Crippen LogP contribution in [0.15, 0.2) is 36.4 Å². The molecule has 3 rings (SSSR count). The van der Waals surface area contributed by atoms with Gasteiger partial charge in [-0.15, -0.1) is 0 Å². The molecule has 5 N–H and O–H groups in total. The number of carbonyl (C=O) groups excluding carboxylic acids is 2. The Morgan fingerprint density at radius 3 is 2.31 bits per heavy atom. The zero-order chi connectivity index (χ0) is 26.4. The van der Waals surface area contributed by atoms with Crippen LogP contribution < -0.4 is 16.8 Å². The quantitative estimate of drug-likeness (QED) is 0.357. The maximum atomic E-state index is 14.6. The molecule has 1 saturated carbocycles. The SMILES string of the molecule is CC1(C)CCC(NCc2ccc(-c3cccc(C(N)=O)c3Cl)cc2F)CC1.NC(F)(F)C(=O)OF. The fourth-order valence-corrected chi connectivity index (χ4v) is 4.04. The minimum absolute atomic E-state index is 0.237. The van der Waals surface area contributed by atoms with E-state index in [4.69, 9.17) is 17.3 Å². The molecule has 1 fully saturated rings. The summed E-state index contributed by atoms with van der Waals surface area (Å²) in [5.74, 6) is -3.27. The number of nitrogens with one attached hydrogen (secondary N) is 1. The first-order valence-corrected chi connectivity index (χ1v) is 11.2. The van der Waals surface area contributed by atoms with Crippen LogP contribution in [-0.2, 0) is 16.3 Å². The van der Waals surface area contributed by atoms with Crippen molar-refractivity contribution in [2.75, 3.05) is 0 Å². The Morgan fingerprint density at radius 1 is 1.20 bits per heavy atom. The molecule has 0 aliphatic heterocycles. The fourth-order valence-electron chi connectivity index (χ4n) is 3.71. The zero-order valence-corrected chi connectivity index (χ0v) is 20.1. The number of alkyl halides is 2. The summed E-state index contributed by atoms with van der Waals surface area (Å²) in [6, 6.07) is 6.30. The Bertz CT molecular complexity index is 1050. The molecule has 1 aliphatic carbocycles. The largest absolute Gasteiger partial charge is 0.433 e. The summed E-state index contributed by atoms with van der Waals surface area (Å²) in [6.45, 7) is 5.12. The second-order valence-corrected chi connectivity index (χ2v) is 9.52. The molecule has 0 atom stereocenters. The molecule has 0 aromatic heterocycles. The molecule has 2 aromatic rings. The van der Waals surface area contributed by atoms with Crippen LogP contribution in [0.3, 0.4) is 0 Å². The third-order valence-electron chi connectivity index (χ3n) is 5.89. The van der Waals surface area contributed by atoms with Crippen LogP contribution in [0.1, 0.15) is 55.5 Å². The van der Waals surface area contributed by atoms with Gasteiger partial charge in [0.2, 0.25) is 5.91 Å². The maximum Gasteiger partial charge on any atom is 0.433 e. The van der Waals surface area contributed by atoms with Gasteiger partial charge in [-0.3, -0.25) is 10.5 Å². The van der Waals surface area contributed by atoms with Crippen molar-refractivity contribution in [3.05, 3.63) is 58.4 Å². The Morgan fingerprint density at radius 2 is 1.83 bits per heavy atom. The molecular weight excluding hydrogens is 490 g/mol. The van der Waals surface area contributed by atoms with Crippen LogP contribution in [0, 0.1) is 11.2 Å².